The van der Waals surface area contributed by atoms with Gasteiger partial charge in [0.25, 0.3) is 0 Å². The quantitative estimate of drug-likeness (QED) is 0.372. The Labute approximate surface area is 192 Å². The van der Waals surface area contributed by atoms with Gasteiger partial charge in [0.2, 0.25) is 0 Å². The van der Waals surface area contributed by atoms with Gasteiger partial charge in [-0.2, -0.15) is 5.26 Å². The highest BCUT2D eigenvalue weighted by Crippen LogP contribution is 2.40. The molecule has 0 aliphatic carbocycles. The first-order valence-corrected chi connectivity index (χ1v) is 11.7. The fraction of sp³-hybridized carbons (Fsp3) is 0.500. The van der Waals surface area contributed by atoms with Gasteiger partial charge in [0.15, 0.2) is 0 Å². The molecule has 2 aromatic rings. The number of nitriles is 1. The molecule has 2 aromatic carbocycles. The highest BCUT2D eigenvalue weighted by molar-refractivity contribution is 6.42. The van der Waals surface area contributed by atoms with Gasteiger partial charge in [-0.25, -0.2) is 0 Å². The van der Waals surface area contributed by atoms with Gasteiger partial charge in [0.1, 0.15) is 0 Å². The normalized spacial score (nSPS) is 14.7. The van der Waals surface area contributed by atoms with Crippen LogP contribution >= 0.6 is 23.2 Å². The second-order valence-corrected chi connectivity index (χ2v) is 9.53. The minimum Gasteiger partial charge on any atom is -0.294 e. The molecule has 30 heavy (non-hydrogen) atoms. The van der Waals surface area contributed by atoms with Crippen LogP contribution in [0.25, 0.3) is 0 Å². The molecule has 0 aliphatic heterocycles. The summed E-state index contributed by atoms with van der Waals surface area (Å²) in [5.74, 6) is 0.166. The smallest absolute Gasteiger partial charge is 0.0846 e. The minimum absolute atomic E-state index is 0.166. The molecule has 0 radical (unpaired) electrons. The molecule has 0 N–H and O–H groups in total. The third kappa shape index (κ3) is 5.79. The third-order valence-electron chi connectivity index (χ3n) is 6.30. The van der Waals surface area contributed by atoms with E-state index in [0.717, 1.165) is 31.4 Å². The lowest BCUT2D eigenvalue weighted by atomic mass is 9.69. The number of nitrogens with zero attached hydrogens (tertiary/aromatic N) is 2. The molecule has 2 nitrogen and oxygen atoms in total. The lowest BCUT2D eigenvalue weighted by molar-refractivity contribution is 0.123. The second kappa shape index (κ2) is 11.2. The van der Waals surface area contributed by atoms with Gasteiger partial charge in [-0.15, -0.1) is 0 Å². The molecular formula is C26H34Cl2N2. The van der Waals surface area contributed by atoms with Crippen molar-refractivity contribution in [1.82, 2.24) is 4.90 Å². The average molecular weight is 445 g/mol. The van der Waals surface area contributed by atoms with Gasteiger partial charge in [0, 0.05) is 18.6 Å². The van der Waals surface area contributed by atoms with Crippen LogP contribution in [0, 0.1) is 17.2 Å². The van der Waals surface area contributed by atoms with E-state index in [9.17, 15) is 5.26 Å². The molecule has 162 valence electrons. The van der Waals surface area contributed by atoms with Gasteiger partial charge >= 0.3 is 0 Å². The molecule has 0 bridgehead atoms. The largest absolute Gasteiger partial charge is 0.294 e. The Morgan fingerprint density at radius 2 is 1.67 bits per heavy atom. The van der Waals surface area contributed by atoms with Crippen molar-refractivity contribution < 1.29 is 0 Å². The summed E-state index contributed by atoms with van der Waals surface area (Å²) in [5, 5.41) is 11.3. The first-order valence-electron chi connectivity index (χ1n) is 10.9. The molecule has 0 heterocycles. The first-order chi connectivity index (χ1) is 14.2. The molecule has 0 saturated carbocycles. The van der Waals surface area contributed by atoms with Gasteiger partial charge in [-0.3, -0.25) is 4.90 Å². The standard InChI is InChI=1S/C26H34Cl2N2/c1-6-23(30(20(4)5)17-21-10-8-7-9-11-21)14-15-26(18-29,19(2)3)22-12-13-24(27)25(28)16-22/h7-13,16,19-20,23H,6,14-15,17H2,1-5H3. The highest BCUT2D eigenvalue weighted by atomic mass is 35.5. The van der Waals surface area contributed by atoms with Crippen molar-refractivity contribution in [2.75, 3.05) is 0 Å². The molecule has 0 amide bonds. The van der Waals surface area contributed by atoms with Gasteiger partial charge in [-0.1, -0.05) is 80.4 Å². The maximum atomic E-state index is 10.3. The zero-order chi connectivity index (χ0) is 22.3. The van der Waals surface area contributed by atoms with Gasteiger partial charge < -0.3 is 0 Å². The molecule has 4 heteroatoms. The van der Waals surface area contributed by atoms with Crippen LogP contribution in [0.4, 0.5) is 0 Å². The summed E-state index contributed by atoms with van der Waals surface area (Å²) in [6, 6.07) is 19.7. The Hall–Kier alpha value is -1.53. The number of halogens is 2. The fourth-order valence-corrected chi connectivity index (χ4v) is 4.61. The average Bonchev–Trinajstić information content (AvgIpc) is 2.73. The first kappa shape index (κ1) is 24.7. The van der Waals surface area contributed by atoms with Crippen LogP contribution in [0.1, 0.15) is 65.0 Å². The molecule has 2 unspecified atom stereocenters. The summed E-state index contributed by atoms with van der Waals surface area (Å²) < 4.78 is 0. The molecule has 0 fully saturated rings. The van der Waals surface area contributed by atoms with Gasteiger partial charge in [-0.05, 0) is 62.3 Å². The van der Waals surface area contributed by atoms with E-state index in [2.05, 4.69) is 75.9 Å². The van der Waals surface area contributed by atoms with E-state index in [1.807, 2.05) is 12.1 Å². The van der Waals surface area contributed by atoms with Crippen LogP contribution in [0.3, 0.4) is 0 Å². The molecule has 2 rings (SSSR count). The topological polar surface area (TPSA) is 27.0 Å². The zero-order valence-corrected chi connectivity index (χ0v) is 20.3. The molecule has 0 aromatic heterocycles. The van der Waals surface area contributed by atoms with Crippen LogP contribution in [-0.2, 0) is 12.0 Å². The predicted octanol–water partition coefficient (Wildman–Crippen LogP) is 7.88. The predicted molar refractivity (Wildman–Crippen MR) is 129 cm³/mol. The SMILES string of the molecule is CCC(CCC(C#N)(c1ccc(Cl)c(Cl)c1)C(C)C)N(Cc1ccccc1)C(C)C. The summed E-state index contributed by atoms with van der Waals surface area (Å²) >= 11 is 12.4. The summed E-state index contributed by atoms with van der Waals surface area (Å²) in [6.07, 6.45) is 2.79. The van der Waals surface area contributed by atoms with Crippen LogP contribution in [-0.4, -0.2) is 17.0 Å². The molecular weight excluding hydrogens is 411 g/mol. The zero-order valence-electron chi connectivity index (χ0n) is 18.8. The second-order valence-electron chi connectivity index (χ2n) is 8.72. The van der Waals surface area contributed by atoms with E-state index < -0.39 is 5.41 Å². The third-order valence-corrected chi connectivity index (χ3v) is 7.04. The molecule has 0 aliphatic rings. The van der Waals surface area contributed by atoms with E-state index in [1.165, 1.54) is 5.56 Å². The van der Waals surface area contributed by atoms with E-state index in [-0.39, 0.29) is 5.92 Å². The molecule has 0 saturated heterocycles. The van der Waals surface area contributed by atoms with Crippen LogP contribution in [0.5, 0.6) is 0 Å². The van der Waals surface area contributed by atoms with Crippen LogP contribution < -0.4 is 0 Å². The van der Waals surface area contributed by atoms with E-state index in [4.69, 9.17) is 23.2 Å². The number of benzene rings is 2. The summed E-state index contributed by atoms with van der Waals surface area (Å²) in [5.41, 5.74) is 1.70. The number of rotatable bonds is 10. The Bertz CT molecular complexity index is 842. The molecule has 2 atom stereocenters. The van der Waals surface area contributed by atoms with Crippen molar-refractivity contribution in [1.29, 1.82) is 5.26 Å². The van der Waals surface area contributed by atoms with Crippen molar-refractivity contribution in [3.8, 4) is 6.07 Å². The Morgan fingerprint density at radius 1 is 1.00 bits per heavy atom. The maximum absolute atomic E-state index is 10.3. The number of hydrogen-bond acceptors (Lipinski definition) is 2. The van der Waals surface area contributed by atoms with Gasteiger partial charge in [0.05, 0.1) is 21.5 Å². The molecule has 0 spiro atoms. The van der Waals surface area contributed by atoms with Crippen molar-refractivity contribution >= 4 is 23.2 Å². The Kier molecular flexibility index (Phi) is 9.23. The Morgan fingerprint density at radius 3 is 2.17 bits per heavy atom. The van der Waals surface area contributed by atoms with Crippen LogP contribution in [0.15, 0.2) is 48.5 Å². The monoisotopic (exact) mass is 444 g/mol. The number of hydrogen-bond donors (Lipinski definition) is 0. The summed E-state index contributed by atoms with van der Waals surface area (Å²) in [4.78, 5) is 2.56. The highest BCUT2D eigenvalue weighted by Gasteiger charge is 2.37. The van der Waals surface area contributed by atoms with E-state index in [1.54, 1.807) is 6.07 Å². The van der Waals surface area contributed by atoms with E-state index >= 15 is 0 Å². The van der Waals surface area contributed by atoms with Crippen molar-refractivity contribution in [2.45, 2.75) is 77.9 Å². The Balaban J connectivity index is 2.28. The van der Waals surface area contributed by atoms with Crippen molar-refractivity contribution in [3.05, 3.63) is 69.7 Å². The maximum Gasteiger partial charge on any atom is 0.0846 e. The fourth-order valence-electron chi connectivity index (χ4n) is 4.32. The van der Waals surface area contributed by atoms with Crippen molar-refractivity contribution in [3.63, 3.8) is 0 Å². The van der Waals surface area contributed by atoms with E-state index in [0.29, 0.717) is 22.1 Å². The van der Waals surface area contributed by atoms with Crippen molar-refractivity contribution in [2.24, 2.45) is 5.92 Å². The lowest BCUT2D eigenvalue weighted by Crippen LogP contribution is -2.41. The lowest BCUT2D eigenvalue weighted by Gasteiger charge is -2.38. The summed E-state index contributed by atoms with van der Waals surface area (Å²) in [6.45, 7) is 11.9. The summed E-state index contributed by atoms with van der Waals surface area (Å²) in [7, 11) is 0. The van der Waals surface area contributed by atoms with Crippen LogP contribution in [0.2, 0.25) is 10.0 Å². The minimum atomic E-state index is -0.586.